The average Bonchev–Trinajstić information content (AvgIpc) is 3.16. The van der Waals surface area contributed by atoms with Crippen LogP contribution in [0.15, 0.2) is 30.3 Å². The van der Waals surface area contributed by atoms with Gasteiger partial charge in [0.25, 0.3) is 0 Å². The van der Waals surface area contributed by atoms with E-state index < -0.39 is 11.7 Å². The van der Waals surface area contributed by atoms with E-state index in [9.17, 15) is 13.2 Å². The van der Waals surface area contributed by atoms with Crippen LogP contribution in [-0.4, -0.2) is 9.78 Å². The maximum atomic E-state index is 12.6. The Bertz CT molecular complexity index is 627. The molecule has 1 heterocycles. The van der Waals surface area contributed by atoms with Crippen LogP contribution in [-0.2, 0) is 18.6 Å². The largest absolute Gasteiger partial charge is 0.416 e. The van der Waals surface area contributed by atoms with E-state index in [0.717, 1.165) is 24.4 Å². The molecule has 0 radical (unpaired) electrons. The second-order valence-electron chi connectivity index (χ2n) is 5.36. The highest BCUT2D eigenvalue weighted by Gasteiger charge is 2.30. The molecule has 1 aromatic carbocycles. The lowest BCUT2D eigenvalue weighted by molar-refractivity contribution is -0.137. The number of nitrogens with zero attached hydrogens (tertiary/aromatic N) is 2. The van der Waals surface area contributed by atoms with Gasteiger partial charge in [-0.25, -0.2) is 0 Å². The fraction of sp³-hybridized carbons (Fsp3) is 0.400. The normalized spacial score (nSPS) is 15.4. The lowest BCUT2D eigenvalue weighted by Crippen LogP contribution is -2.05. The summed E-state index contributed by atoms with van der Waals surface area (Å²) in [5.74, 6) is 1.01. The van der Waals surface area contributed by atoms with E-state index >= 15 is 0 Å². The van der Waals surface area contributed by atoms with E-state index in [1.807, 2.05) is 10.7 Å². The lowest BCUT2D eigenvalue weighted by atomic mass is 10.1. The summed E-state index contributed by atoms with van der Waals surface area (Å²) in [5.41, 5.74) is 1.59. The average molecular weight is 315 g/mol. The number of rotatable bonds is 4. The fourth-order valence-corrected chi connectivity index (χ4v) is 2.45. The summed E-state index contributed by atoms with van der Waals surface area (Å²) >= 11 is 5.91. The van der Waals surface area contributed by atoms with Gasteiger partial charge in [0.2, 0.25) is 0 Å². The SMILES string of the molecule is FC(F)(F)c1ccc(-c2cc(CCl)n(CC3CC3)n2)cc1. The second kappa shape index (κ2) is 5.37. The molecule has 21 heavy (non-hydrogen) atoms. The summed E-state index contributed by atoms with van der Waals surface area (Å²) in [7, 11) is 0. The first-order valence-corrected chi connectivity index (χ1v) is 7.31. The number of aromatic nitrogens is 2. The predicted molar refractivity (Wildman–Crippen MR) is 74.9 cm³/mol. The Kier molecular flexibility index (Phi) is 3.69. The summed E-state index contributed by atoms with van der Waals surface area (Å²) in [6.45, 7) is 0.836. The van der Waals surface area contributed by atoms with Crippen LogP contribution in [0.3, 0.4) is 0 Å². The van der Waals surface area contributed by atoms with Crippen molar-refractivity contribution in [3.05, 3.63) is 41.6 Å². The van der Waals surface area contributed by atoms with Crippen molar-refractivity contribution in [1.82, 2.24) is 9.78 Å². The predicted octanol–water partition coefficient (Wildman–Crippen LogP) is 4.72. The topological polar surface area (TPSA) is 17.8 Å². The molecular weight excluding hydrogens is 301 g/mol. The van der Waals surface area contributed by atoms with Crippen LogP contribution in [0.4, 0.5) is 13.2 Å². The molecule has 0 bridgehead atoms. The number of hydrogen-bond acceptors (Lipinski definition) is 1. The van der Waals surface area contributed by atoms with Crippen LogP contribution < -0.4 is 0 Å². The molecule has 1 aliphatic carbocycles. The number of alkyl halides is 4. The van der Waals surface area contributed by atoms with E-state index in [1.165, 1.54) is 25.0 Å². The standard InChI is InChI=1S/C15H14ClF3N2/c16-8-13-7-14(20-21(13)9-10-1-2-10)11-3-5-12(6-4-11)15(17,18)19/h3-7,10H,1-2,8-9H2. The van der Waals surface area contributed by atoms with Crippen molar-refractivity contribution in [1.29, 1.82) is 0 Å². The summed E-state index contributed by atoms with van der Waals surface area (Å²) < 4.78 is 39.5. The second-order valence-corrected chi connectivity index (χ2v) is 5.62. The zero-order valence-corrected chi connectivity index (χ0v) is 12.0. The molecule has 1 aromatic heterocycles. The van der Waals surface area contributed by atoms with Gasteiger partial charge in [-0.3, -0.25) is 4.68 Å². The molecule has 2 aromatic rings. The Balaban J connectivity index is 1.87. The minimum atomic E-state index is -4.31. The van der Waals surface area contributed by atoms with Gasteiger partial charge in [0.05, 0.1) is 22.8 Å². The van der Waals surface area contributed by atoms with Gasteiger partial charge < -0.3 is 0 Å². The van der Waals surface area contributed by atoms with Crippen molar-refractivity contribution in [2.45, 2.75) is 31.4 Å². The van der Waals surface area contributed by atoms with Gasteiger partial charge in [-0.1, -0.05) is 12.1 Å². The van der Waals surface area contributed by atoms with Crippen LogP contribution in [0.25, 0.3) is 11.3 Å². The third kappa shape index (κ3) is 3.23. The zero-order chi connectivity index (χ0) is 15.0. The highest BCUT2D eigenvalue weighted by molar-refractivity contribution is 6.16. The first kappa shape index (κ1) is 14.4. The molecular formula is C15H14ClF3N2. The van der Waals surface area contributed by atoms with Crippen molar-refractivity contribution >= 4 is 11.6 Å². The summed E-state index contributed by atoms with van der Waals surface area (Å²) in [5, 5.41) is 4.47. The molecule has 2 nitrogen and oxygen atoms in total. The maximum Gasteiger partial charge on any atom is 0.416 e. The molecule has 1 aliphatic rings. The Labute approximate surface area is 125 Å². The number of hydrogen-bond donors (Lipinski definition) is 0. The molecule has 0 saturated heterocycles. The van der Waals surface area contributed by atoms with E-state index in [-0.39, 0.29) is 0 Å². The van der Waals surface area contributed by atoms with Crippen LogP contribution in [0.5, 0.6) is 0 Å². The molecule has 1 saturated carbocycles. The molecule has 0 atom stereocenters. The third-order valence-corrected chi connectivity index (χ3v) is 3.91. The Morgan fingerprint density at radius 1 is 1.19 bits per heavy atom. The minimum Gasteiger partial charge on any atom is -0.267 e. The Hall–Kier alpha value is -1.49. The molecule has 0 aliphatic heterocycles. The van der Waals surface area contributed by atoms with E-state index in [0.29, 0.717) is 23.1 Å². The summed E-state index contributed by atoms with van der Waals surface area (Å²) in [4.78, 5) is 0. The number of benzene rings is 1. The highest BCUT2D eigenvalue weighted by Crippen LogP contribution is 2.33. The van der Waals surface area contributed by atoms with Crippen LogP contribution in [0.2, 0.25) is 0 Å². The van der Waals surface area contributed by atoms with Gasteiger partial charge in [-0.05, 0) is 37.0 Å². The highest BCUT2D eigenvalue weighted by atomic mass is 35.5. The van der Waals surface area contributed by atoms with Gasteiger partial charge in [0.15, 0.2) is 0 Å². The third-order valence-electron chi connectivity index (χ3n) is 3.64. The zero-order valence-electron chi connectivity index (χ0n) is 11.2. The van der Waals surface area contributed by atoms with Crippen molar-refractivity contribution < 1.29 is 13.2 Å². The Morgan fingerprint density at radius 3 is 2.38 bits per heavy atom. The number of halogens is 4. The van der Waals surface area contributed by atoms with Gasteiger partial charge in [-0.2, -0.15) is 18.3 Å². The summed E-state index contributed by atoms with van der Waals surface area (Å²) in [6, 6.07) is 6.90. The first-order chi connectivity index (χ1) is 9.97. The minimum absolute atomic E-state index is 0.348. The Morgan fingerprint density at radius 2 is 1.86 bits per heavy atom. The van der Waals surface area contributed by atoms with Crippen LogP contribution in [0.1, 0.15) is 24.1 Å². The molecule has 0 N–H and O–H groups in total. The quantitative estimate of drug-likeness (QED) is 0.747. The summed E-state index contributed by atoms with van der Waals surface area (Å²) in [6.07, 6.45) is -1.90. The van der Waals surface area contributed by atoms with Crippen molar-refractivity contribution in [2.24, 2.45) is 5.92 Å². The molecule has 112 valence electrons. The molecule has 1 fully saturated rings. The lowest BCUT2D eigenvalue weighted by Gasteiger charge is -2.06. The molecule has 0 spiro atoms. The molecule has 6 heteroatoms. The molecule has 0 amide bonds. The molecule has 0 unspecified atom stereocenters. The van der Waals surface area contributed by atoms with Crippen molar-refractivity contribution in [2.75, 3.05) is 0 Å². The van der Waals surface area contributed by atoms with E-state index in [4.69, 9.17) is 11.6 Å². The smallest absolute Gasteiger partial charge is 0.267 e. The van der Waals surface area contributed by atoms with Crippen LogP contribution in [0, 0.1) is 5.92 Å². The fourth-order valence-electron chi connectivity index (χ4n) is 2.24. The van der Waals surface area contributed by atoms with E-state index in [2.05, 4.69) is 5.10 Å². The van der Waals surface area contributed by atoms with Crippen LogP contribution >= 0.6 is 11.6 Å². The van der Waals surface area contributed by atoms with Crippen molar-refractivity contribution in [3.63, 3.8) is 0 Å². The monoisotopic (exact) mass is 314 g/mol. The van der Waals surface area contributed by atoms with Gasteiger partial charge >= 0.3 is 6.18 Å². The van der Waals surface area contributed by atoms with E-state index in [1.54, 1.807) is 0 Å². The first-order valence-electron chi connectivity index (χ1n) is 6.77. The maximum absolute atomic E-state index is 12.6. The van der Waals surface area contributed by atoms with Gasteiger partial charge in [-0.15, -0.1) is 11.6 Å². The molecule has 3 rings (SSSR count). The van der Waals surface area contributed by atoms with Gasteiger partial charge in [0, 0.05) is 12.1 Å². The van der Waals surface area contributed by atoms with Crippen molar-refractivity contribution in [3.8, 4) is 11.3 Å². The van der Waals surface area contributed by atoms with Gasteiger partial charge in [0.1, 0.15) is 0 Å².